The minimum Gasteiger partial charge on any atom is -0.465 e. The highest BCUT2D eigenvalue weighted by atomic mass is 16.5. The molecule has 2 aliphatic rings. The van der Waals surface area contributed by atoms with Crippen LogP contribution in [0.1, 0.15) is 16.7 Å². The zero-order chi connectivity index (χ0) is 13.4. The summed E-state index contributed by atoms with van der Waals surface area (Å²) >= 11 is 0. The molecule has 0 amide bonds. The van der Waals surface area contributed by atoms with Gasteiger partial charge in [-0.2, -0.15) is 0 Å². The zero-order valence-corrected chi connectivity index (χ0v) is 10.9. The molecule has 4 rings (SSSR count). The molecule has 0 unspecified atom stereocenters. The molecule has 0 atom stereocenters. The summed E-state index contributed by atoms with van der Waals surface area (Å²) in [7, 11) is 0. The number of hydrogen-bond acceptors (Lipinski definition) is 2. The molecule has 0 aliphatic carbocycles. The van der Waals surface area contributed by atoms with Crippen LogP contribution in [-0.2, 0) is 12.8 Å². The molecule has 2 nitrogen and oxygen atoms in total. The number of benzene rings is 2. The maximum Gasteiger partial charge on any atom is 0.138 e. The van der Waals surface area contributed by atoms with Gasteiger partial charge in [0.1, 0.15) is 17.3 Å². The van der Waals surface area contributed by atoms with Crippen molar-refractivity contribution >= 4 is 5.76 Å². The summed E-state index contributed by atoms with van der Waals surface area (Å²) in [5.41, 5.74) is 3.43. The lowest BCUT2D eigenvalue weighted by Gasteiger charge is -2.19. The summed E-state index contributed by atoms with van der Waals surface area (Å²) in [6.07, 6.45) is 7.66. The van der Waals surface area contributed by atoms with Crippen molar-refractivity contribution in [3.63, 3.8) is 0 Å². The third-order valence-corrected chi connectivity index (χ3v) is 3.60. The van der Waals surface area contributed by atoms with Crippen LogP contribution in [0.5, 0.6) is 11.5 Å². The van der Waals surface area contributed by atoms with E-state index in [1.54, 1.807) is 6.26 Å². The summed E-state index contributed by atoms with van der Waals surface area (Å²) in [6.45, 7) is 0. The van der Waals surface area contributed by atoms with Crippen molar-refractivity contribution < 1.29 is 9.47 Å². The average molecular weight is 261 g/mol. The second-order valence-corrected chi connectivity index (χ2v) is 4.92. The van der Waals surface area contributed by atoms with Crippen molar-refractivity contribution in [2.75, 3.05) is 0 Å². The summed E-state index contributed by atoms with van der Waals surface area (Å²) < 4.78 is 11.5. The first-order valence-corrected chi connectivity index (χ1v) is 6.73. The van der Waals surface area contributed by atoms with E-state index in [0.29, 0.717) is 0 Å². The Morgan fingerprint density at radius 1 is 1.05 bits per heavy atom. The molecule has 0 N–H and O–H groups in total. The quantitative estimate of drug-likeness (QED) is 0.774. The van der Waals surface area contributed by atoms with Crippen molar-refractivity contribution in [1.29, 1.82) is 0 Å². The molecule has 0 saturated heterocycles. The van der Waals surface area contributed by atoms with Crippen molar-refractivity contribution in [3.8, 4) is 11.5 Å². The van der Waals surface area contributed by atoms with Crippen molar-refractivity contribution in [1.82, 2.24) is 0 Å². The predicted molar refractivity (Wildman–Crippen MR) is 77.5 cm³/mol. The minimum absolute atomic E-state index is 0.823. The molecule has 2 aliphatic heterocycles. The van der Waals surface area contributed by atoms with E-state index < -0.39 is 0 Å². The predicted octanol–water partition coefficient (Wildman–Crippen LogP) is 3.91. The first kappa shape index (κ1) is 11.4. The Morgan fingerprint density at radius 2 is 2.05 bits per heavy atom. The summed E-state index contributed by atoms with van der Waals surface area (Å²) in [4.78, 5) is 0. The number of allylic oxidation sites excluding steroid dienone is 2. The Labute approximate surface area is 118 Å². The van der Waals surface area contributed by atoms with E-state index in [1.807, 2.05) is 24.3 Å². The standard InChI is InChI=1S/C18H13O2/c1-2-6-16-13(4-1)9-10-17(20-16)15-8-7-14-5-3-11-19-18(14)12-15/h1-4,7-8,10-12H,5,9H2. The number of rotatable bonds is 1. The lowest BCUT2D eigenvalue weighted by Crippen LogP contribution is -2.05. The molecule has 0 spiro atoms. The minimum atomic E-state index is 0.823. The van der Waals surface area contributed by atoms with E-state index in [9.17, 15) is 0 Å². The van der Waals surface area contributed by atoms with Gasteiger partial charge in [-0.1, -0.05) is 30.3 Å². The second kappa shape index (κ2) is 4.57. The molecular weight excluding hydrogens is 248 g/mol. The molecule has 0 bridgehead atoms. The topological polar surface area (TPSA) is 18.5 Å². The largest absolute Gasteiger partial charge is 0.465 e. The second-order valence-electron chi connectivity index (χ2n) is 4.92. The lowest BCUT2D eigenvalue weighted by atomic mass is 10.0. The van der Waals surface area contributed by atoms with Crippen LogP contribution < -0.4 is 9.47 Å². The van der Waals surface area contributed by atoms with Crippen LogP contribution in [0.25, 0.3) is 5.76 Å². The van der Waals surface area contributed by atoms with Crippen LogP contribution in [-0.4, -0.2) is 0 Å². The number of fused-ring (bicyclic) bond motifs is 2. The van der Waals surface area contributed by atoms with Crippen LogP contribution >= 0.6 is 0 Å². The van der Waals surface area contributed by atoms with Crippen LogP contribution in [0.2, 0.25) is 0 Å². The van der Waals surface area contributed by atoms with Gasteiger partial charge in [0.05, 0.1) is 6.26 Å². The van der Waals surface area contributed by atoms with Crippen LogP contribution in [0, 0.1) is 6.07 Å². The molecular formula is C18H13O2. The Morgan fingerprint density at radius 3 is 3.05 bits per heavy atom. The van der Waals surface area contributed by atoms with Crippen LogP contribution in [0.15, 0.2) is 54.8 Å². The molecule has 0 fully saturated rings. The third-order valence-electron chi connectivity index (χ3n) is 3.60. The van der Waals surface area contributed by atoms with Gasteiger partial charge in [0.25, 0.3) is 0 Å². The van der Waals surface area contributed by atoms with Gasteiger partial charge in [-0.15, -0.1) is 0 Å². The molecule has 2 aromatic rings. The molecule has 2 heteroatoms. The maximum atomic E-state index is 5.94. The summed E-state index contributed by atoms with van der Waals surface area (Å²) in [5, 5.41) is 0. The van der Waals surface area contributed by atoms with Gasteiger partial charge in [-0.05, 0) is 42.2 Å². The molecule has 1 radical (unpaired) electrons. The molecule has 2 heterocycles. The Bertz CT molecular complexity index is 726. The molecule has 97 valence electrons. The van der Waals surface area contributed by atoms with Crippen molar-refractivity contribution in [3.05, 3.63) is 77.6 Å². The highest BCUT2D eigenvalue weighted by Gasteiger charge is 2.15. The lowest BCUT2D eigenvalue weighted by molar-refractivity contribution is 0.462. The van der Waals surface area contributed by atoms with Crippen molar-refractivity contribution in [2.24, 2.45) is 0 Å². The van der Waals surface area contributed by atoms with Gasteiger partial charge in [-0.25, -0.2) is 0 Å². The van der Waals surface area contributed by atoms with Gasteiger partial charge in [0, 0.05) is 11.6 Å². The summed E-state index contributed by atoms with van der Waals surface area (Å²) in [6, 6.07) is 15.3. The molecule has 20 heavy (non-hydrogen) atoms. The number of hydrogen-bond donors (Lipinski definition) is 0. The Balaban J connectivity index is 1.68. The molecule has 0 aromatic heterocycles. The van der Waals surface area contributed by atoms with E-state index in [2.05, 4.69) is 30.3 Å². The Kier molecular flexibility index (Phi) is 2.59. The average Bonchev–Trinajstić information content (AvgIpc) is 2.54. The van der Waals surface area contributed by atoms with E-state index in [-0.39, 0.29) is 0 Å². The third kappa shape index (κ3) is 1.90. The first-order chi connectivity index (χ1) is 9.90. The number of ether oxygens (including phenoxy) is 2. The maximum absolute atomic E-state index is 5.94. The fourth-order valence-corrected chi connectivity index (χ4v) is 2.53. The summed E-state index contributed by atoms with van der Waals surface area (Å²) in [5.74, 6) is 2.61. The fraction of sp³-hybridized carbons (Fsp3) is 0.111. The highest BCUT2D eigenvalue weighted by molar-refractivity contribution is 5.67. The smallest absolute Gasteiger partial charge is 0.138 e. The van der Waals surface area contributed by atoms with Gasteiger partial charge in [-0.3, -0.25) is 0 Å². The van der Waals surface area contributed by atoms with E-state index in [1.165, 1.54) is 11.1 Å². The fourth-order valence-electron chi connectivity index (χ4n) is 2.53. The van der Waals surface area contributed by atoms with Crippen LogP contribution in [0.3, 0.4) is 0 Å². The normalized spacial score (nSPS) is 15.5. The van der Waals surface area contributed by atoms with Gasteiger partial charge < -0.3 is 9.47 Å². The Hall–Kier alpha value is -2.48. The van der Waals surface area contributed by atoms with Gasteiger partial charge in [0.2, 0.25) is 0 Å². The zero-order valence-electron chi connectivity index (χ0n) is 10.9. The monoisotopic (exact) mass is 261 g/mol. The van der Waals surface area contributed by atoms with E-state index in [0.717, 1.165) is 35.7 Å². The SMILES string of the molecule is [c]1cccc2c1OC(c1ccc3c(c1)OC=CC3)=CC2. The molecule has 2 aromatic carbocycles. The van der Waals surface area contributed by atoms with Gasteiger partial charge >= 0.3 is 0 Å². The number of para-hydroxylation sites is 1. The highest BCUT2D eigenvalue weighted by Crippen LogP contribution is 2.33. The molecule has 0 saturated carbocycles. The van der Waals surface area contributed by atoms with Crippen molar-refractivity contribution in [2.45, 2.75) is 12.8 Å². The van der Waals surface area contributed by atoms with Gasteiger partial charge in [0.15, 0.2) is 0 Å². The first-order valence-electron chi connectivity index (χ1n) is 6.73. The van der Waals surface area contributed by atoms with E-state index in [4.69, 9.17) is 9.47 Å². The van der Waals surface area contributed by atoms with Crippen LogP contribution in [0.4, 0.5) is 0 Å². The van der Waals surface area contributed by atoms with E-state index >= 15 is 0 Å².